The summed E-state index contributed by atoms with van der Waals surface area (Å²) in [6, 6.07) is 4.91. The molecule has 0 bridgehead atoms. The highest BCUT2D eigenvalue weighted by Gasteiger charge is 2.01. The van der Waals surface area contributed by atoms with Crippen molar-refractivity contribution in [2.45, 2.75) is 4.90 Å². The van der Waals surface area contributed by atoms with Crippen LogP contribution in [0, 0.1) is 5.82 Å². The molecule has 0 N–H and O–H groups in total. The quantitative estimate of drug-likeness (QED) is 0.577. The van der Waals surface area contributed by atoms with Gasteiger partial charge in [0.2, 0.25) is 0 Å². The highest BCUT2D eigenvalue weighted by Crippen LogP contribution is 2.25. The molecule has 0 saturated carbocycles. The van der Waals surface area contributed by atoms with Crippen LogP contribution in [0.15, 0.2) is 40.2 Å². The number of halogens is 2. The van der Waals surface area contributed by atoms with Gasteiger partial charge in [0.25, 0.3) is 0 Å². The van der Waals surface area contributed by atoms with E-state index in [9.17, 15) is 4.39 Å². The lowest BCUT2D eigenvalue weighted by Crippen LogP contribution is -1.81. The SMILES string of the molecule is C=CCSc1cc(Br)ccc1F. The van der Waals surface area contributed by atoms with Gasteiger partial charge in [-0.05, 0) is 18.2 Å². The molecule has 0 fully saturated rings. The molecular weight excluding hydrogens is 239 g/mol. The molecule has 0 radical (unpaired) electrons. The smallest absolute Gasteiger partial charge is 0.136 e. The predicted octanol–water partition coefficient (Wildman–Crippen LogP) is 3.87. The van der Waals surface area contributed by atoms with Gasteiger partial charge in [0, 0.05) is 15.1 Å². The number of rotatable bonds is 3. The third kappa shape index (κ3) is 2.64. The fraction of sp³-hybridized carbons (Fsp3) is 0.111. The summed E-state index contributed by atoms with van der Waals surface area (Å²) >= 11 is 4.72. The van der Waals surface area contributed by atoms with Crippen molar-refractivity contribution in [2.75, 3.05) is 5.75 Å². The van der Waals surface area contributed by atoms with Crippen molar-refractivity contribution in [1.82, 2.24) is 0 Å². The van der Waals surface area contributed by atoms with E-state index in [1.807, 2.05) is 0 Å². The van der Waals surface area contributed by atoms with Gasteiger partial charge < -0.3 is 0 Å². The minimum absolute atomic E-state index is 0.176. The lowest BCUT2D eigenvalue weighted by Gasteiger charge is -2.00. The normalized spacial score (nSPS) is 9.83. The average Bonchev–Trinajstić information content (AvgIpc) is 2.07. The Kier molecular flexibility index (Phi) is 3.82. The number of benzene rings is 1. The van der Waals surface area contributed by atoms with Crippen molar-refractivity contribution in [2.24, 2.45) is 0 Å². The summed E-state index contributed by atoms with van der Waals surface area (Å²) in [5.41, 5.74) is 0. The van der Waals surface area contributed by atoms with Crippen LogP contribution in [0.2, 0.25) is 0 Å². The Morgan fingerprint density at radius 2 is 2.33 bits per heavy atom. The highest BCUT2D eigenvalue weighted by molar-refractivity contribution is 9.10. The summed E-state index contributed by atoms with van der Waals surface area (Å²) in [6.07, 6.45) is 1.75. The minimum atomic E-state index is -0.176. The van der Waals surface area contributed by atoms with Crippen LogP contribution < -0.4 is 0 Å². The predicted molar refractivity (Wildman–Crippen MR) is 55.0 cm³/mol. The van der Waals surface area contributed by atoms with Gasteiger partial charge in [0.05, 0.1) is 0 Å². The number of thioether (sulfide) groups is 1. The summed E-state index contributed by atoms with van der Waals surface area (Å²) in [4.78, 5) is 0.657. The molecule has 0 nitrogen and oxygen atoms in total. The standard InChI is InChI=1S/C9H8BrFS/c1-2-5-12-9-6-7(10)3-4-8(9)11/h2-4,6H,1,5H2. The van der Waals surface area contributed by atoms with Gasteiger partial charge in [-0.1, -0.05) is 22.0 Å². The first-order chi connectivity index (χ1) is 5.74. The van der Waals surface area contributed by atoms with Crippen LogP contribution in [0.5, 0.6) is 0 Å². The van der Waals surface area contributed by atoms with Crippen molar-refractivity contribution >= 4 is 27.7 Å². The maximum absolute atomic E-state index is 13.0. The molecule has 0 unspecified atom stereocenters. The minimum Gasteiger partial charge on any atom is -0.206 e. The lowest BCUT2D eigenvalue weighted by atomic mass is 10.3. The van der Waals surface area contributed by atoms with Crippen LogP contribution >= 0.6 is 27.7 Å². The average molecular weight is 247 g/mol. The van der Waals surface area contributed by atoms with Crippen molar-refractivity contribution in [3.8, 4) is 0 Å². The molecule has 0 spiro atoms. The molecule has 0 heterocycles. The fourth-order valence-electron chi connectivity index (χ4n) is 0.737. The Bertz CT molecular complexity index is 286. The zero-order valence-corrected chi connectivity index (χ0v) is 8.79. The largest absolute Gasteiger partial charge is 0.206 e. The van der Waals surface area contributed by atoms with Crippen LogP contribution in [0.4, 0.5) is 4.39 Å². The molecule has 0 aromatic heterocycles. The van der Waals surface area contributed by atoms with E-state index in [0.717, 1.165) is 10.2 Å². The zero-order chi connectivity index (χ0) is 8.97. The summed E-state index contributed by atoms with van der Waals surface area (Å²) in [5.74, 6) is 0.554. The molecular formula is C9H8BrFS. The van der Waals surface area contributed by atoms with E-state index >= 15 is 0 Å². The first-order valence-corrected chi connectivity index (χ1v) is 5.20. The van der Waals surface area contributed by atoms with Gasteiger partial charge in [-0.15, -0.1) is 18.3 Å². The van der Waals surface area contributed by atoms with Gasteiger partial charge in [-0.3, -0.25) is 0 Å². The molecule has 0 aliphatic carbocycles. The second-order valence-electron chi connectivity index (χ2n) is 2.17. The molecule has 3 heteroatoms. The van der Waals surface area contributed by atoms with Crippen molar-refractivity contribution in [3.05, 3.63) is 41.1 Å². The van der Waals surface area contributed by atoms with E-state index in [4.69, 9.17) is 0 Å². The topological polar surface area (TPSA) is 0 Å². The van der Waals surface area contributed by atoms with E-state index in [1.54, 1.807) is 18.2 Å². The summed E-state index contributed by atoms with van der Waals surface area (Å²) in [5, 5.41) is 0. The molecule has 12 heavy (non-hydrogen) atoms. The van der Waals surface area contributed by atoms with E-state index in [2.05, 4.69) is 22.5 Å². The first kappa shape index (κ1) is 9.81. The molecule has 64 valence electrons. The Morgan fingerprint density at radius 3 is 3.00 bits per heavy atom. The van der Waals surface area contributed by atoms with Crippen LogP contribution in [0.25, 0.3) is 0 Å². The van der Waals surface area contributed by atoms with Gasteiger partial charge in [-0.25, -0.2) is 4.39 Å². The summed E-state index contributed by atoms with van der Waals surface area (Å²) < 4.78 is 13.9. The Morgan fingerprint density at radius 1 is 1.58 bits per heavy atom. The maximum atomic E-state index is 13.0. The van der Waals surface area contributed by atoms with E-state index in [-0.39, 0.29) is 5.82 Å². The van der Waals surface area contributed by atoms with Crippen LogP contribution in [0.1, 0.15) is 0 Å². The summed E-state index contributed by atoms with van der Waals surface area (Å²) in [6.45, 7) is 3.57. The summed E-state index contributed by atoms with van der Waals surface area (Å²) in [7, 11) is 0. The second-order valence-corrected chi connectivity index (χ2v) is 4.15. The number of hydrogen-bond acceptors (Lipinski definition) is 1. The third-order valence-corrected chi connectivity index (χ3v) is 2.77. The van der Waals surface area contributed by atoms with Crippen LogP contribution in [0.3, 0.4) is 0 Å². The molecule has 0 atom stereocenters. The third-order valence-electron chi connectivity index (χ3n) is 1.25. The fourth-order valence-corrected chi connectivity index (χ4v) is 1.96. The molecule has 0 saturated heterocycles. The Hall–Kier alpha value is -0.280. The van der Waals surface area contributed by atoms with Gasteiger partial charge in [0.1, 0.15) is 5.82 Å². The lowest BCUT2D eigenvalue weighted by molar-refractivity contribution is 0.601. The van der Waals surface area contributed by atoms with Gasteiger partial charge >= 0.3 is 0 Å². The molecule has 0 aliphatic rings. The van der Waals surface area contributed by atoms with E-state index in [1.165, 1.54) is 17.8 Å². The van der Waals surface area contributed by atoms with Crippen LogP contribution in [-0.2, 0) is 0 Å². The molecule has 1 aromatic carbocycles. The molecule has 0 amide bonds. The highest BCUT2D eigenvalue weighted by atomic mass is 79.9. The van der Waals surface area contributed by atoms with Crippen LogP contribution in [-0.4, -0.2) is 5.75 Å². The van der Waals surface area contributed by atoms with Gasteiger partial charge in [0.15, 0.2) is 0 Å². The maximum Gasteiger partial charge on any atom is 0.136 e. The molecule has 1 aromatic rings. The molecule has 0 aliphatic heterocycles. The van der Waals surface area contributed by atoms with Crippen molar-refractivity contribution in [1.29, 1.82) is 0 Å². The molecule has 1 rings (SSSR count). The Labute approximate surface area is 84.0 Å². The van der Waals surface area contributed by atoms with Gasteiger partial charge in [-0.2, -0.15) is 0 Å². The monoisotopic (exact) mass is 246 g/mol. The first-order valence-electron chi connectivity index (χ1n) is 3.43. The van der Waals surface area contributed by atoms with E-state index < -0.39 is 0 Å². The number of hydrogen-bond donors (Lipinski definition) is 0. The van der Waals surface area contributed by atoms with Crippen molar-refractivity contribution < 1.29 is 4.39 Å². The van der Waals surface area contributed by atoms with E-state index in [0.29, 0.717) is 4.90 Å². The Balaban J connectivity index is 2.82. The zero-order valence-electron chi connectivity index (χ0n) is 6.39. The van der Waals surface area contributed by atoms with Crippen molar-refractivity contribution in [3.63, 3.8) is 0 Å². The second kappa shape index (κ2) is 4.67.